The average molecular weight is 482 g/mol. The largest absolute Gasteiger partial charge is 0.479 e. The van der Waals surface area contributed by atoms with Crippen molar-refractivity contribution in [1.82, 2.24) is 15.3 Å². The number of nitrogens with zero attached hydrogens (tertiary/aromatic N) is 4. The highest BCUT2D eigenvalue weighted by Gasteiger charge is 2.26. The molecule has 36 heavy (non-hydrogen) atoms. The minimum Gasteiger partial charge on any atom is -0.479 e. The lowest BCUT2D eigenvalue weighted by Gasteiger charge is -2.38. The van der Waals surface area contributed by atoms with Crippen LogP contribution in [0.15, 0.2) is 78.9 Å². The smallest absolute Gasteiger partial charge is 0.336 e. The molecule has 3 aromatic carbocycles. The fraction of sp³-hybridized carbons (Fsp3) is 0.241. The van der Waals surface area contributed by atoms with Crippen LogP contribution in [0.25, 0.3) is 10.8 Å². The van der Waals surface area contributed by atoms with E-state index < -0.39 is 0 Å². The van der Waals surface area contributed by atoms with Crippen LogP contribution in [0.5, 0.6) is 5.88 Å². The van der Waals surface area contributed by atoms with E-state index >= 15 is 0 Å². The highest BCUT2D eigenvalue weighted by atomic mass is 16.5. The van der Waals surface area contributed by atoms with Crippen molar-refractivity contribution in [2.45, 2.75) is 13.8 Å². The number of benzene rings is 3. The molecule has 5 rings (SSSR count). The summed E-state index contributed by atoms with van der Waals surface area (Å²) in [6.07, 6.45) is 0. The molecular formula is C29H31N5O2. The maximum atomic E-state index is 13.5. The number of ether oxygens (including phenoxy) is 1. The zero-order valence-corrected chi connectivity index (χ0v) is 20.9. The molecule has 0 bridgehead atoms. The van der Waals surface area contributed by atoms with Gasteiger partial charge in [0.1, 0.15) is 5.69 Å². The fourth-order valence-electron chi connectivity index (χ4n) is 4.62. The number of amides is 2. The van der Waals surface area contributed by atoms with Gasteiger partial charge in [0.25, 0.3) is 0 Å². The van der Waals surface area contributed by atoms with Crippen molar-refractivity contribution < 1.29 is 9.53 Å². The molecule has 4 aromatic rings. The monoisotopic (exact) mass is 481 g/mol. The number of nitrogens with one attached hydrogen (secondary N) is 1. The molecule has 1 N–H and O–H groups in total. The van der Waals surface area contributed by atoms with Gasteiger partial charge >= 0.3 is 6.03 Å². The third kappa shape index (κ3) is 4.64. The Morgan fingerprint density at radius 3 is 2.36 bits per heavy atom. The Balaban J connectivity index is 1.35. The number of rotatable bonds is 5. The number of carbonyl (C=O) groups is 1. The van der Waals surface area contributed by atoms with Gasteiger partial charge < -0.3 is 14.5 Å². The van der Waals surface area contributed by atoms with Crippen LogP contribution in [0.3, 0.4) is 0 Å². The molecule has 2 heterocycles. The molecule has 1 fully saturated rings. The second-order valence-corrected chi connectivity index (χ2v) is 8.98. The lowest BCUT2D eigenvalue weighted by Crippen LogP contribution is -2.54. The van der Waals surface area contributed by atoms with Crippen LogP contribution in [0, 0.1) is 13.8 Å². The molecule has 7 nitrogen and oxygen atoms in total. The van der Waals surface area contributed by atoms with E-state index in [0.717, 1.165) is 30.0 Å². The van der Waals surface area contributed by atoms with Crippen LogP contribution >= 0.6 is 0 Å². The van der Waals surface area contributed by atoms with Gasteiger partial charge in [-0.1, -0.05) is 54.6 Å². The van der Waals surface area contributed by atoms with Gasteiger partial charge in [-0.3, -0.25) is 0 Å². The second-order valence-electron chi connectivity index (χ2n) is 8.98. The number of pyridine rings is 1. The first-order valence-electron chi connectivity index (χ1n) is 12.2. The van der Waals surface area contributed by atoms with Crippen LogP contribution < -0.4 is 20.1 Å². The number of fused-ring (bicyclic) bond motifs is 1. The number of hydrogen-bond acceptors (Lipinski definition) is 5. The van der Waals surface area contributed by atoms with Gasteiger partial charge in [0.2, 0.25) is 5.88 Å². The molecule has 7 heteroatoms. The quantitative estimate of drug-likeness (QED) is 0.385. The number of aromatic nitrogens is 1. The summed E-state index contributed by atoms with van der Waals surface area (Å²) in [7, 11) is 1.60. The Hall–Kier alpha value is -4.26. The van der Waals surface area contributed by atoms with Gasteiger partial charge in [-0.05, 0) is 49.1 Å². The van der Waals surface area contributed by atoms with E-state index in [1.807, 2.05) is 55.1 Å². The van der Waals surface area contributed by atoms with Crippen molar-refractivity contribution in [3.05, 3.63) is 90.1 Å². The van der Waals surface area contributed by atoms with Crippen molar-refractivity contribution in [2.75, 3.05) is 43.2 Å². The van der Waals surface area contributed by atoms with E-state index in [1.165, 1.54) is 16.5 Å². The summed E-state index contributed by atoms with van der Waals surface area (Å²) >= 11 is 0. The van der Waals surface area contributed by atoms with Gasteiger partial charge in [-0.15, -0.1) is 0 Å². The van der Waals surface area contributed by atoms with Crippen LogP contribution in [-0.2, 0) is 0 Å². The Kier molecular flexibility index (Phi) is 6.62. The molecule has 1 aliphatic heterocycles. The lowest BCUT2D eigenvalue weighted by molar-refractivity contribution is 0.194. The van der Waals surface area contributed by atoms with E-state index in [2.05, 4.69) is 57.8 Å². The Morgan fingerprint density at radius 1 is 0.917 bits per heavy atom. The topological polar surface area (TPSA) is 60.9 Å². The van der Waals surface area contributed by atoms with Crippen molar-refractivity contribution in [3.8, 4) is 5.88 Å². The van der Waals surface area contributed by atoms with Crippen molar-refractivity contribution >= 4 is 33.9 Å². The standard InChI is InChI=1S/C29H31N5O2/c1-21-20-27(28(36-3)30-22(21)2)34(24-12-5-4-6-13-24)31-29(35)33-18-16-32(17-19-33)26-15-9-11-23-10-7-8-14-25(23)26/h4-15,20H,16-19H2,1-3H3,(H,31,35). The number of urea groups is 1. The van der Waals surface area contributed by atoms with E-state index in [9.17, 15) is 4.79 Å². The second kappa shape index (κ2) is 10.2. The van der Waals surface area contributed by atoms with Crippen LogP contribution in [0.4, 0.5) is 21.9 Å². The molecule has 0 radical (unpaired) electrons. The zero-order chi connectivity index (χ0) is 25.1. The first-order valence-corrected chi connectivity index (χ1v) is 12.2. The molecule has 0 aliphatic carbocycles. The van der Waals surface area contributed by atoms with E-state index in [4.69, 9.17) is 4.74 Å². The normalized spacial score (nSPS) is 13.5. The highest BCUT2D eigenvalue weighted by molar-refractivity contribution is 5.94. The molecule has 1 saturated heterocycles. The summed E-state index contributed by atoms with van der Waals surface area (Å²) in [5.41, 5.74) is 7.74. The van der Waals surface area contributed by atoms with Crippen molar-refractivity contribution in [3.63, 3.8) is 0 Å². The first-order chi connectivity index (χ1) is 17.5. The molecule has 184 valence electrons. The molecule has 1 aromatic heterocycles. The fourth-order valence-corrected chi connectivity index (χ4v) is 4.62. The van der Waals surface area contributed by atoms with Crippen LogP contribution in [0.1, 0.15) is 11.3 Å². The van der Waals surface area contributed by atoms with E-state index in [-0.39, 0.29) is 6.03 Å². The van der Waals surface area contributed by atoms with E-state index in [0.29, 0.717) is 24.7 Å². The predicted octanol–water partition coefficient (Wildman–Crippen LogP) is 5.45. The summed E-state index contributed by atoms with van der Waals surface area (Å²) in [5.74, 6) is 0.461. The summed E-state index contributed by atoms with van der Waals surface area (Å²) in [5, 5.41) is 4.23. The van der Waals surface area contributed by atoms with Gasteiger partial charge in [0, 0.05) is 42.9 Å². The SMILES string of the molecule is COc1nc(C)c(C)cc1N(NC(=O)N1CCN(c2cccc3ccccc23)CC1)c1ccccc1. The number of hydrogen-bond donors (Lipinski definition) is 1. The van der Waals surface area contributed by atoms with Crippen LogP contribution in [-0.4, -0.2) is 49.2 Å². The summed E-state index contributed by atoms with van der Waals surface area (Å²) in [6, 6.07) is 26.4. The number of methoxy groups -OCH3 is 1. The maximum Gasteiger partial charge on any atom is 0.336 e. The predicted molar refractivity (Wildman–Crippen MR) is 145 cm³/mol. The Bertz CT molecular complexity index is 1360. The maximum absolute atomic E-state index is 13.5. The molecular weight excluding hydrogens is 450 g/mol. The van der Waals surface area contributed by atoms with Gasteiger partial charge in [0.15, 0.2) is 0 Å². The lowest BCUT2D eigenvalue weighted by atomic mass is 10.1. The van der Waals surface area contributed by atoms with Gasteiger partial charge in [-0.25, -0.2) is 20.2 Å². The average Bonchev–Trinajstić information content (AvgIpc) is 2.93. The number of anilines is 3. The summed E-state index contributed by atoms with van der Waals surface area (Å²) in [6.45, 7) is 6.73. The number of hydrazine groups is 1. The summed E-state index contributed by atoms with van der Waals surface area (Å²) < 4.78 is 5.58. The molecule has 1 aliphatic rings. The minimum atomic E-state index is -0.156. The molecule has 0 saturated carbocycles. The minimum absolute atomic E-state index is 0.156. The van der Waals surface area contributed by atoms with Gasteiger partial charge in [0.05, 0.1) is 12.8 Å². The zero-order valence-electron chi connectivity index (χ0n) is 20.9. The first kappa shape index (κ1) is 23.5. The molecule has 0 atom stereocenters. The highest BCUT2D eigenvalue weighted by Crippen LogP contribution is 2.33. The third-order valence-electron chi connectivity index (χ3n) is 6.74. The molecule has 0 unspecified atom stereocenters. The summed E-state index contributed by atoms with van der Waals surface area (Å²) in [4.78, 5) is 22.3. The number of piperazine rings is 1. The number of para-hydroxylation sites is 1. The third-order valence-corrected chi connectivity index (χ3v) is 6.74. The number of carbonyl (C=O) groups excluding carboxylic acids is 1. The van der Waals surface area contributed by atoms with E-state index in [1.54, 1.807) is 12.1 Å². The Labute approximate surface area is 211 Å². The molecule has 2 amide bonds. The molecule has 0 spiro atoms. The van der Waals surface area contributed by atoms with Crippen molar-refractivity contribution in [1.29, 1.82) is 0 Å². The van der Waals surface area contributed by atoms with Crippen molar-refractivity contribution in [2.24, 2.45) is 0 Å². The van der Waals surface area contributed by atoms with Crippen LogP contribution in [0.2, 0.25) is 0 Å². The van der Waals surface area contributed by atoms with Gasteiger partial charge in [-0.2, -0.15) is 0 Å². The Morgan fingerprint density at radius 2 is 1.61 bits per heavy atom. The number of aryl methyl sites for hydroxylation is 2.